The Hall–Kier alpha value is -0.0400. The Labute approximate surface area is 82.3 Å². The Morgan fingerprint density at radius 2 is 1.54 bits per heavy atom. The molecule has 0 aliphatic heterocycles. The zero-order valence-corrected chi connectivity index (χ0v) is 9.05. The Bertz CT molecular complexity index is 161. The molecule has 2 saturated carbocycles. The van der Waals surface area contributed by atoms with Crippen molar-refractivity contribution in [1.29, 1.82) is 0 Å². The lowest BCUT2D eigenvalue weighted by molar-refractivity contribution is 0.191. The molecule has 1 heteroatoms. The van der Waals surface area contributed by atoms with Gasteiger partial charge in [0.2, 0.25) is 0 Å². The molecule has 0 amide bonds. The summed E-state index contributed by atoms with van der Waals surface area (Å²) in [7, 11) is 0. The molecule has 0 spiro atoms. The smallest absolute Gasteiger partial charge is 0.00747 e. The van der Waals surface area contributed by atoms with E-state index in [0.717, 1.165) is 23.9 Å². The molecule has 1 N–H and O–H groups in total. The SMILES string of the molecule is CC1CCCC(NC2CC(C)C2)C1. The average molecular weight is 181 g/mol. The summed E-state index contributed by atoms with van der Waals surface area (Å²) in [6.07, 6.45) is 8.59. The van der Waals surface area contributed by atoms with E-state index < -0.39 is 0 Å². The summed E-state index contributed by atoms with van der Waals surface area (Å²) < 4.78 is 0. The highest BCUT2D eigenvalue weighted by Crippen LogP contribution is 2.30. The van der Waals surface area contributed by atoms with Gasteiger partial charge in [0.15, 0.2) is 0 Å². The molecule has 76 valence electrons. The summed E-state index contributed by atoms with van der Waals surface area (Å²) >= 11 is 0. The fraction of sp³-hybridized carbons (Fsp3) is 1.00. The van der Waals surface area contributed by atoms with Gasteiger partial charge in [-0.1, -0.05) is 26.7 Å². The predicted octanol–water partition coefficient (Wildman–Crippen LogP) is 2.95. The second-order valence-corrected chi connectivity index (χ2v) is 5.41. The van der Waals surface area contributed by atoms with Crippen LogP contribution in [0.3, 0.4) is 0 Å². The maximum absolute atomic E-state index is 3.82. The van der Waals surface area contributed by atoms with Crippen molar-refractivity contribution >= 4 is 0 Å². The fourth-order valence-corrected chi connectivity index (χ4v) is 2.96. The fourth-order valence-electron chi connectivity index (χ4n) is 2.96. The first-order valence-corrected chi connectivity index (χ1v) is 6.00. The molecule has 2 unspecified atom stereocenters. The van der Waals surface area contributed by atoms with Crippen LogP contribution in [0.25, 0.3) is 0 Å². The summed E-state index contributed by atoms with van der Waals surface area (Å²) in [6.45, 7) is 4.76. The van der Waals surface area contributed by atoms with Crippen LogP contribution in [0.1, 0.15) is 52.4 Å². The highest BCUT2D eigenvalue weighted by Gasteiger charge is 2.28. The normalized spacial score (nSPS) is 45.7. The summed E-state index contributed by atoms with van der Waals surface area (Å²) in [5.41, 5.74) is 0. The van der Waals surface area contributed by atoms with E-state index in [1.54, 1.807) is 0 Å². The highest BCUT2D eigenvalue weighted by molar-refractivity contribution is 4.87. The minimum Gasteiger partial charge on any atom is -0.311 e. The molecule has 2 rings (SSSR count). The van der Waals surface area contributed by atoms with Gasteiger partial charge in [0.25, 0.3) is 0 Å². The molecular formula is C12H23N. The Morgan fingerprint density at radius 3 is 2.15 bits per heavy atom. The summed E-state index contributed by atoms with van der Waals surface area (Å²) in [5, 5.41) is 3.82. The molecule has 2 aliphatic rings. The van der Waals surface area contributed by atoms with Crippen LogP contribution in [0.4, 0.5) is 0 Å². The van der Waals surface area contributed by atoms with Gasteiger partial charge in [-0.05, 0) is 37.5 Å². The van der Waals surface area contributed by atoms with Crippen molar-refractivity contribution < 1.29 is 0 Å². The maximum Gasteiger partial charge on any atom is 0.00747 e. The molecule has 0 aromatic carbocycles. The van der Waals surface area contributed by atoms with Crippen LogP contribution in [-0.4, -0.2) is 12.1 Å². The molecule has 13 heavy (non-hydrogen) atoms. The van der Waals surface area contributed by atoms with Crippen molar-refractivity contribution in [3.05, 3.63) is 0 Å². The Morgan fingerprint density at radius 1 is 0.846 bits per heavy atom. The quantitative estimate of drug-likeness (QED) is 0.690. The highest BCUT2D eigenvalue weighted by atomic mass is 15.0. The molecule has 1 nitrogen and oxygen atoms in total. The van der Waals surface area contributed by atoms with Crippen LogP contribution in [0, 0.1) is 11.8 Å². The summed E-state index contributed by atoms with van der Waals surface area (Å²) in [5.74, 6) is 1.95. The van der Waals surface area contributed by atoms with Crippen LogP contribution in [-0.2, 0) is 0 Å². The number of hydrogen-bond donors (Lipinski definition) is 1. The first-order chi connectivity index (χ1) is 6.24. The van der Waals surface area contributed by atoms with E-state index in [1.807, 2.05) is 0 Å². The topological polar surface area (TPSA) is 12.0 Å². The van der Waals surface area contributed by atoms with Crippen molar-refractivity contribution in [2.45, 2.75) is 64.5 Å². The van der Waals surface area contributed by atoms with Crippen LogP contribution in [0.2, 0.25) is 0 Å². The lowest BCUT2D eigenvalue weighted by Gasteiger charge is -2.38. The summed E-state index contributed by atoms with van der Waals surface area (Å²) in [6, 6.07) is 1.71. The third-order valence-electron chi connectivity index (χ3n) is 3.78. The molecular weight excluding hydrogens is 158 g/mol. The minimum absolute atomic E-state index is 0.848. The summed E-state index contributed by atoms with van der Waals surface area (Å²) in [4.78, 5) is 0. The van der Waals surface area contributed by atoms with Gasteiger partial charge in [0.05, 0.1) is 0 Å². The average Bonchev–Trinajstić information content (AvgIpc) is 2.01. The molecule has 2 fully saturated rings. The Kier molecular flexibility index (Phi) is 2.92. The molecule has 0 heterocycles. The molecule has 2 atom stereocenters. The largest absolute Gasteiger partial charge is 0.311 e. The molecule has 0 aromatic rings. The van der Waals surface area contributed by atoms with Gasteiger partial charge < -0.3 is 5.32 Å². The van der Waals surface area contributed by atoms with E-state index in [0.29, 0.717) is 0 Å². The van der Waals surface area contributed by atoms with Crippen LogP contribution >= 0.6 is 0 Å². The predicted molar refractivity (Wildman–Crippen MR) is 56.7 cm³/mol. The van der Waals surface area contributed by atoms with Crippen molar-refractivity contribution in [1.82, 2.24) is 5.32 Å². The molecule has 0 bridgehead atoms. The van der Waals surface area contributed by atoms with Crippen molar-refractivity contribution in [3.63, 3.8) is 0 Å². The third kappa shape index (κ3) is 2.46. The van der Waals surface area contributed by atoms with Crippen LogP contribution in [0.15, 0.2) is 0 Å². The van der Waals surface area contributed by atoms with Crippen LogP contribution in [0.5, 0.6) is 0 Å². The van der Waals surface area contributed by atoms with Gasteiger partial charge in [-0.15, -0.1) is 0 Å². The van der Waals surface area contributed by atoms with E-state index in [1.165, 1.54) is 38.5 Å². The molecule has 0 saturated heterocycles. The molecule has 0 aromatic heterocycles. The minimum atomic E-state index is 0.848. The zero-order valence-electron chi connectivity index (χ0n) is 9.05. The lowest BCUT2D eigenvalue weighted by Crippen LogP contribution is -2.47. The van der Waals surface area contributed by atoms with Crippen molar-refractivity contribution in [2.75, 3.05) is 0 Å². The van der Waals surface area contributed by atoms with Gasteiger partial charge in [-0.3, -0.25) is 0 Å². The first kappa shape index (κ1) is 9.51. The second-order valence-electron chi connectivity index (χ2n) is 5.41. The van der Waals surface area contributed by atoms with E-state index in [4.69, 9.17) is 0 Å². The van der Waals surface area contributed by atoms with E-state index >= 15 is 0 Å². The molecule has 0 radical (unpaired) electrons. The number of rotatable bonds is 2. The molecule has 2 aliphatic carbocycles. The number of hydrogen-bond acceptors (Lipinski definition) is 1. The second kappa shape index (κ2) is 4.00. The standard InChI is InChI=1S/C12H23N/c1-9-4-3-5-11(6-9)13-12-7-10(2)8-12/h9-13H,3-8H2,1-2H3. The lowest BCUT2D eigenvalue weighted by atomic mass is 9.79. The third-order valence-corrected chi connectivity index (χ3v) is 3.78. The zero-order chi connectivity index (χ0) is 9.26. The van der Waals surface area contributed by atoms with Gasteiger partial charge >= 0.3 is 0 Å². The Balaban J connectivity index is 1.69. The first-order valence-electron chi connectivity index (χ1n) is 6.00. The van der Waals surface area contributed by atoms with E-state index in [2.05, 4.69) is 19.2 Å². The van der Waals surface area contributed by atoms with E-state index in [-0.39, 0.29) is 0 Å². The van der Waals surface area contributed by atoms with Crippen LogP contribution < -0.4 is 5.32 Å². The van der Waals surface area contributed by atoms with Crippen molar-refractivity contribution in [2.24, 2.45) is 11.8 Å². The van der Waals surface area contributed by atoms with Gasteiger partial charge in [-0.25, -0.2) is 0 Å². The monoisotopic (exact) mass is 181 g/mol. The van der Waals surface area contributed by atoms with E-state index in [9.17, 15) is 0 Å². The number of nitrogens with one attached hydrogen (secondary N) is 1. The van der Waals surface area contributed by atoms with Gasteiger partial charge in [0, 0.05) is 12.1 Å². The van der Waals surface area contributed by atoms with Crippen molar-refractivity contribution in [3.8, 4) is 0 Å². The maximum atomic E-state index is 3.82. The van der Waals surface area contributed by atoms with Gasteiger partial charge in [0.1, 0.15) is 0 Å². The van der Waals surface area contributed by atoms with Gasteiger partial charge in [-0.2, -0.15) is 0 Å².